The molecule has 0 aromatic carbocycles. The molecule has 2 heterocycles. The van der Waals surface area contributed by atoms with Gasteiger partial charge in [-0.25, -0.2) is 0 Å². The van der Waals surface area contributed by atoms with Gasteiger partial charge >= 0.3 is 0 Å². The summed E-state index contributed by atoms with van der Waals surface area (Å²) in [5.41, 5.74) is 1.24. The van der Waals surface area contributed by atoms with Crippen LogP contribution in [-0.4, -0.2) is 27.1 Å². The average Bonchev–Trinajstić information content (AvgIpc) is 2.56. The van der Waals surface area contributed by atoms with Gasteiger partial charge in [0.15, 0.2) is 0 Å². The summed E-state index contributed by atoms with van der Waals surface area (Å²) < 4.78 is 0. The van der Waals surface area contributed by atoms with Gasteiger partial charge in [-0.2, -0.15) is 0 Å². The molecule has 132 valence electrons. The van der Waals surface area contributed by atoms with Crippen LogP contribution >= 0.6 is 11.6 Å². The summed E-state index contributed by atoms with van der Waals surface area (Å²) in [5.74, 6) is -0.410. The number of hydrogen-bond donors (Lipinski definition) is 3. The number of amides is 1. The number of aromatic amines is 1. The summed E-state index contributed by atoms with van der Waals surface area (Å²) in [6, 6.07) is 5.11. The molecular weight excluding hydrogens is 342 g/mol. The standard InChI is InChI=1S/C18H20ClN3O3/c1-9-14(17(24)21-10(2)15(9)19)18(25)22-16(11-7-12(23)8-11)13-5-3-4-6-20-13/h3-6,11-12,16,23H,7-8H2,1-2H3,(H,21,24)(H,22,25). The number of carbonyl (C=O) groups excluding carboxylic acids is 1. The van der Waals surface area contributed by atoms with Crippen LogP contribution in [0.5, 0.6) is 0 Å². The molecule has 2 aromatic rings. The van der Waals surface area contributed by atoms with Crippen LogP contribution in [0.15, 0.2) is 29.2 Å². The number of aliphatic hydroxyl groups excluding tert-OH is 1. The lowest BCUT2D eigenvalue weighted by Gasteiger charge is -2.37. The van der Waals surface area contributed by atoms with Crippen LogP contribution in [0.25, 0.3) is 0 Å². The molecule has 1 fully saturated rings. The highest BCUT2D eigenvalue weighted by Crippen LogP contribution is 2.37. The number of carbonyl (C=O) groups is 1. The third-order valence-corrected chi connectivity index (χ3v) is 5.27. The van der Waals surface area contributed by atoms with E-state index in [-0.39, 0.29) is 23.6 Å². The molecule has 1 atom stereocenters. The highest BCUT2D eigenvalue weighted by molar-refractivity contribution is 6.32. The molecular formula is C18H20ClN3O3. The first-order chi connectivity index (χ1) is 11.9. The van der Waals surface area contributed by atoms with Crippen molar-refractivity contribution in [2.75, 3.05) is 0 Å². The van der Waals surface area contributed by atoms with Crippen LogP contribution in [-0.2, 0) is 0 Å². The minimum absolute atomic E-state index is 0.0106. The molecule has 6 nitrogen and oxygen atoms in total. The normalized spacial score (nSPS) is 20.6. The third-order valence-electron chi connectivity index (χ3n) is 4.70. The molecule has 25 heavy (non-hydrogen) atoms. The number of hydrogen-bond acceptors (Lipinski definition) is 4. The van der Waals surface area contributed by atoms with E-state index < -0.39 is 11.5 Å². The second-order valence-corrected chi connectivity index (χ2v) is 6.86. The number of nitrogens with one attached hydrogen (secondary N) is 2. The summed E-state index contributed by atoms with van der Waals surface area (Å²) in [4.78, 5) is 32.0. The van der Waals surface area contributed by atoms with Gasteiger partial charge in [0.1, 0.15) is 5.56 Å². The van der Waals surface area contributed by atoms with E-state index >= 15 is 0 Å². The van der Waals surface area contributed by atoms with E-state index in [1.54, 1.807) is 26.1 Å². The number of aliphatic hydroxyl groups is 1. The summed E-state index contributed by atoms with van der Waals surface area (Å²) in [6.45, 7) is 3.34. The quantitative estimate of drug-likeness (QED) is 0.778. The number of H-pyrrole nitrogens is 1. The fraction of sp³-hybridized carbons (Fsp3) is 0.389. The van der Waals surface area contributed by atoms with E-state index in [0.717, 1.165) is 0 Å². The van der Waals surface area contributed by atoms with Gasteiger partial charge < -0.3 is 15.4 Å². The zero-order valence-electron chi connectivity index (χ0n) is 14.0. The molecule has 0 spiro atoms. The van der Waals surface area contributed by atoms with Crippen molar-refractivity contribution in [3.63, 3.8) is 0 Å². The Morgan fingerprint density at radius 1 is 1.40 bits per heavy atom. The van der Waals surface area contributed by atoms with Crippen molar-refractivity contribution >= 4 is 17.5 Å². The van der Waals surface area contributed by atoms with E-state index in [1.807, 2.05) is 12.1 Å². The third kappa shape index (κ3) is 3.45. The molecule has 3 rings (SSSR count). The largest absolute Gasteiger partial charge is 0.393 e. The van der Waals surface area contributed by atoms with Crippen molar-refractivity contribution in [1.82, 2.24) is 15.3 Å². The van der Waals surface area contributed by atoms with Crippen LogP contribution in [0.2, 0.25) is 5.02 Å². The highest BCUT2D eigenvalue weighted by Gasteiger charge is 2.37. The molecule has 1 saturated carbocycles. The first-order valence-corrected chi connectivity index (χ1v) is 8.55. The Balaban J connectivity index is 1.92. The van der Waals surface area contributed by atoms with Crippen LogP contribution in [0.3, 0.4) is 0 Å². The zero-order chi connectivity index (χ0) is 18.1. The second-order valence-electron chi connectivity index (χ2n) is 6.48. The van der Waals surface area contributed by atoms with Crippen LogP contribution in [0, 0.1) is 19.8 Å². The Bertz CT molecular complexity index is 845. The van der Waals surface area contributed by atoms with Crippen molar-refractivity contribution < 1.29 is 9.90 Å². The van der Waals surface area contributed by atoms with Crippen molar-refractivity contribution in [2.24, 2.45) is 5.92 Å². The van der Waals surface area contributed by atoms with Gasteiger partial charge in [0.05, 0.1) is 22.9 Å². The summed E-state index contributed by atoms with van der Waals surface area (Å²) in [6.07, 6.45) is 2.48. The zero-order valence-corrected chi connectivity index (χ0v) is 14.8. The highest BCUT2D eigenvalue weighted by atomic mass is 35.5. The van der Waals surface area contributed by atoms with E-state index in [4.69, 9.17) is 11.6 Å². The molecule has 1 aliphatic rings. The first-order valence-electron chi connectivity index (χ1n) is 8.17. The number of aryl methyl sites for hydroxylation is 1. The fourth-order valence-electron chi connectivity index (χ4n) is 3.23. The lowest BCUT2D eigenvalue weighted by atomic mass is 9.76. The molecule has 1 amide bonds. The van der Waals surface area contributed by atoms with E-state index in [0.29, 0.717) is 34.8 Å². The predicted molar refractivity (Wildman–Crippen MR) is 94.7 cm³/mol. The molecule has 1 unspecified atom stereocenters. The van der Waals surface area contributed by atoms with Gasteiger partial charge in [-0.05, 0) is 50.3 Å². The lowest BCUT2D eigenvalue weighted by molar-refractivity contribution is 0.0228. The minimum atomic E-state index is -0.488. The SMILES string of the molecule is Cc1[nH]c(=O)c(C(=O)NC(c2ccccn2)C2CC(O)C2)c(C)c1Cl. The monoisotopic (exact) mass is 361 g/mol. The van der Waals surface area contributed by atoms with Gasteiger partial charge in [-0.3, -0.25) is 14.6 Å². The van der Waals surface area contributed by atoms with Gasteiger partial charge in [0, 0.05) is 11.9 Å². The van der Waals surface area contributed by atoms with E-state index in [9.17, 15) is 14.7 Å². The van der Waals surface area contributed by atoms with Gasteiger partial charge in [-0.1, -0.05) is 17.7 Å². The maximum absolute atomic E-state index is 12.8. The summed E-state index contributed by atoms with van der Waals surface area (Å²) in [7, 11) is 0. The molecule has 0 saturated heterocycles. The summed E-state index contributed by atoms with van der Waals surface area (Å²) in [5, 5.41) is 12.9. The van der Waals surface area contributed by atoms with Crippen molar-refractivity contribution in [2.45, 2.75) is 38.8 Å². The molecule has 1 aliphatic carbocycles. The maximum Gasteiger partial charge on any atom is 0.261 e. The number of rotatable bonds is 4. The molecule has 0 radical (unpaired) electrons. The van der Waals surface area contributed by atoms with Gasteiger partial charge in [-0.15, -0.1) is 0 Å². The smallest absolute Gasteiger partial charge is 0.261 e. The van der Waals surface area contributed by atoms with Crippen molar-refractivity contribution in [3.8, 4) is 0 Å². The van der Waals surface area contributed by atoms with E-state index in [2.05, 4.69) is 15.3 Å². The second kappa shape index (κ2) is 6.98. The number of nitrogens with zero attached hydrogens (tertiary/aromatic N) is 1. The fourth-order valence-corrected chi connectivity index (χ4v) is 3.37. The minimum Gasteiger partial charge on any atom is -0.393 e. The molecule has 3 N–H and O–H groups in total. The average molecular weight is 362 g/mol. The number of halogens is 1. The van der Waals surface area contributed by atoms with E-state index in [1.165, 1.54) is 0 Å². The van der Waals surface area contributed by atoms with Crippen LogP contribution < -0.4 is 10.9 Å². The number of aromatic nitrogens is 2. The Morgan fingerprint density at radius 2 is 2.12 bits per heavy atom. The van der Waals surface area contributed by atoms with Gasteiger partial charge in [0.25, 0.3) is 11.5 Å². The molecule has 2 aromatic heterocycles. The van der Waals surface area contributed by atoms with Crippen LogP contribution in [0.1, 0.15) is 46.2 Å². The predicted octanol–water partition coefficient (Wildman–Crippen LogP) is 2.28. The van der Waals surface area contributed by atoms with Crippen molar-refractivity contribution in [3.05, 3.63) is 62.3 Å². The Hall–Kier alpha value is -2.18. The van der Waals surface area contributed by atoms with Crippen LogP contribution in [0.4, 0.5) is 0 Å². The first kappa shape index (κ1) is 17.6. The Labute approximate surface area is 150 Å². The topological polar surface area (TPSA) is 95.1 Å². The Kier molecular flexibility index (Phi) is 4.92. The Morgan fingerprint density at radius 3 is 2.72 bits per heavy atom. The molecule has 0 bridgehead atoms. The lowest BCUT2D eigenvalue weighted by Crippen LogP contribution is -2.43. The maximum atomic E-state index is 12.8. The van der Waals surface area contributed by atoms with Crippen molar-refractivity contribution in [1.29, 1.82) is 0 Å². The molecule has 0 aliphatic heterocycles. The number of pyridine rings is 2. The molecule has 7 heteroatoms. The van der Waals surface area contributed by atoms with Gasteiger partial charge in [0.2, 0.25) is 0 Å². The summed E-state index contributed by atoms with van der Waals surface area (Å²) >= 11 is 6.18.